The summed E-state index contributed by atoms with van der Waals surface area (Å²) in [5.41, 5.74) is 4.52. The number of anilines is 3. The molecule has 8 heteroatoms. The molecule has 3 N–H and O–H groups in total. The number of hydrogen-bond donors (Lipinski definition) is 3. The monoisotopic (exact) mass is 520 g/mol. The largest absolute Gasteiger partial charge is 0.475 e. The minimum atomic E-state index is -0.669. The fourth-order valence-corrected chi connectivity index (χ4v) is 6.06. The molecule has 1 saturated heterocycles. The van der Waals surface area contributed by atoms with Gasteiger partial charge in [0, 0.05) is 36.7 Å². The van der Waals surface area contributed by atoms with Crippen molar-refractivity contribution in [2.45, 2.75) is 77.7 Å². The van der Waals surface area contributed by atoms with Crippen LogP contribution in [0.25, 0.3) is 0 Å². The van der Waals surface area contributed by atoms with Crippen LogP contribution in [0.1, 0.15) is 63.0 Å². The molecule has 0 radical (unpaired) electrons. The maximum atomic E-state index is 12.9. The third kappa shape index (κ3) is 5.66. The molecule has 1 aliphatic carbocycles. The predicted octanol–water partition coefficient (Wildman–Crippen LogP) is 4.65. The fourth-order valence-electron chi connectivity index (χ4n) is 6.06. The standard InChI is InChI=1S/C30H40N4O4/c1-3-28(34-18-17-33(19-27(34)36)24-12-8-7-9-20(24)2)38-25-15-14-23(29-22(25)13-16-26(35)32-29)31-30(37)21-10-5-4-6-11-21/h7-9,12,14-15,21,27-28,36H,3-6,10-11,13,16-19H2,1-2H3,(H,31,37)(H,32,35). The van der Waals surface area contributed by atoms with Crippen LogP contribution in [-0.2, 0) is 16.0 Å². The lowest BCUT2D eigenvalue weighted by atomic mass is 9.88. The van der Waals surface area contributed by atoms with E-state index < -0.39 is 6.23 Å². The molecule has 2 unspecified atom stereocenters. The van der Waals surface area contributed by atoms with Gasteiger partial charge < -0.3 is 25.4 Å². The third-order valence-corrected chi connectivity index (χ3v) is 8.20. The topological polar surface area (TPSA) is 94.1 Å². The van der Waals surface area contributed by atoms with Gasteiger partial charge in [-0.3, -0.25) is 9.59 Å². The zero-order valence-corrected chi connectivity index (χ0v) is 22.5. The van der Waals surface area contributed by atoms with Gasteiger partial charge in [-0.25, -0.2) is 4.90 Å². The highest BCUT2D eigenvalue weighted by atomic mass is 16.5. The van der Waals surface area contributed by atoms with Gasteiger partial charge in [-0.05, 0) is 56.4 Å². The number of piperazine rings is 1. The Morgan fingerprint density at radius 1 is 1.13 bits per heavy atom. The van der Waals surface area contributed by atoms with Crippen molar-refractivity contribution in [2.24, 2.45) is 5.92 Å². The molecular formula is C30H40N4O4. The van der Waals surface area contributed by atoms with Gasteiger partial charge in [0.1, 0.15) is 12.0 Å². The second-order valence-corrected chi connectivity index (χ2v) is 10.8. The Bertz CT molecular complexity index is 1160. The Morgan fingerprint density at radius 2 is 1.92 bits per heavy atom. The average Bonchev–Trinajstić information content (AvgIpc) is 2.93. The molecule has 2 aliphatic heterocycles. The molecule has 5 rings (SSSR count). The number of fused-ring (bicyclic) bond motifs is 1. The number of aryl methyl sites for hydroxylation is 1. The quantitative estimate of drug-likeness (QED) is 0.492. The van der Waals surface area contributed by atoms with Crippen LogP contribution in [0.4, 0.5) is 17.1 Å². The van der Waals surface area contributed by atoms with Crippen molar-refractivity contribution in [2.75, 3.05) is 35.2 Å². The van der Waals surface area contributed by atoms with E-state index in [1.807, 2.05) is 29.2 Å². The van der Waals surface area contributed by atoms with Crippen molar-refractivity contribution in [1.29, 1.82) is 0 Å². The van der Waals surface area contributed by atoms with Crippen LogP contribution < -0.4 is 20.3 Å². The van der Waals surface area contributed by atoms with Crippen LogP contribution in [0.15, 0.2) is 36.4 Å². The zero-order chi connectivity index (χ0) is 26.6. The molecule has 0 aromatic heterocycles. The molecule has 1 saturated carbocycles. The Labute approximate surface area is 225 Å². The van der Waals surface area contributed by atoms with E-state index in [-0.39, 0.29) is 24.0 Å². The molecule has 2 heterocycles. The number of para-hydroxylation sites is 1. The molecule has 2 aromatic carbocycles. The van der Waals surface area contributed by atoms with Crippen molar-refractivity contribution >= 4 is 28.9 Å². The summed E-state index contributed by atoms with van der Waals surface area (Å²) >= 11 is 0. The zero-order valence-electron chi connectivity index (χ0n) is 22.5. The number of β-amino-alcohol motifs (C(OH)–C–C–N with tert-alkyl or cyclic N) is 1. The number of ether oxygens (including phenoxy) is 1. The lowest BCUT2D eigenvalue weighted by Gasteiger charge is -2.43. The number of nitrogens with zero attached hydrogens (tertiary/aromatic N) is 2. The first-order chi connectivity index (χ1) is 18.4. The summed E-state index contributed by atoms with van der Waals surface area (Å²) in [6, 6.07) is 12.0. The number of aliphatic hydroxyl groups excluding tert-OH is 1. The first-order valence-corrected chi connectivity index (χ1v) is 14.1. The summed E-state index contributed by atoms with van der Waals surface area (Å²) in [5.74, 6) is 0.689. The maximum Gasteiger partial charge on any atom is 0.227 e. The van der Waals surface area contributed by atoms with E-state index in [0.717, 1.165) is 43.5 Å². The van der Waals surface area contributed by atoms with Gasteiger partial charge in [-0.2, -0.15) is 0 Å². The second-order valence-electron chi connectivity index (χ2n) is 10.8. The number of carbonyl (C=O) groups excluding carboxylic acids is 2. The minimum absolute atomic E-state index is 0.0268. The number of aliphatic hydroxyl groups is 1. The van der Waals surface area contributed by atoms with Crippen molar-refractivity contribution in [3.63, 3.8) is 0 Å². The second kappa shape index (κ2) is 11.7. The molecule has 0 bridgehead atoms. The summed E-state index contributed by atoms with van der Waals surface area (Å²) < 4.78 is 6.53. The van der Waals surface area contributed by atoms with E-state index >= 15 is 0 Å². The van der Waals surface area contributed by atoms with Crippen LogP contribution in [0, 0.1) is 12.8 Å². The summed E-state index contributed by atoms with van der Waals surface area (Å²) in [7, 11) is 0. The third-order valence-electron chi connectivity index (χ3n) is 8.20. The van der Waals surface area contributed by atoms with Crippen LogP contribution in [-0.4, -0.2) is 53.9 Å². The highest BCUT2D eigenvalue weighted by molar-refractivity contribution is 6.03. The van der Waals surface area contributed by atoms with E-state index in [1.165, 1.54) is 12.0 Å². The van der Waals surface area contributed by atoms with Gasteiger partial charge >= 0.3 is 0 Å². The lowest BCUT2D eigenvalue weighted by Crippen LogP contribution is -2.58. The molecule has 3 aliphatic rings. The van der Waals surface area contributed by atoms with Crippen LogP contribution in [0.3, 0.4) is 0 Å². The lowest BCUT2D eigenvalue weighted by molar-refractivity contribution is -0.121. The average molecular weight is 521 g/mol. The Balaban J connectivity index is 1.32. The van der Waals surface area contributed by atoms with Crippen LogP contribution in [0.2, 0.25) is 0 Å². The Hall–Kier alpha value is -3.10. The van der Waals surface area contributed by atoms with Crippen molar-refractivity contribution in [3.8, 4) is 5.75 Å². The molecular weight excluding hydrogens is 480 g/mol. The molecule has 204 valence electrons. The molecule has 2 amide bonds. The minimum Gasteiger partial charge on any atom is -0.475 e. The number of hydrogen-bond acceptors (Lipinski definition) is 6. The molecule has 2 atom stereocenters. The molecule has 2 fully saturated rings. The van der Waals surface area contributed by atoms with Crippen molar-refractivity contribution in [1.82, 2.24) is 4.90 Å². The van der Waals surface area contributed by atoms with E-state index in [1.54, 1.807) is 0 Å². The number of rotatable bonds is 7. The molecule has 8 nitrogen and oxygen atoms in total. The summed E-state index contributed by atoms with van der Waals surface area (Å²) in [6.07, 6.45) is 5.83. The highest BCUT2D eigenvalue weighted by Gasteiger charge is 2.33. The van der Waals surface area contributed by atoms with E-state index in [2.05, 4.69) is 41.5 Å². The fraction of sp³-hybridized carbons (Fsp3) is 0.533. The smallest absolute Gasteiger partial charge is 0.227 e. The Kier molecular flexibility index (Phi) is 8.19. The number of nitrogens with one attached hydrogen (secondary N) is 2. The first-order valence-electron chi connectivity index (χ1n) is 14.1. The van der Waals surface area contributed by atoms with E-state index in [0.29, 0.717) is 49.5 Å². The number of benzene rings is 2. The number of carbonyl (C=O) groups is 2. The highest BCUT2D eigenvalue weighted by Crippen LogP contribution is 2.39. The summed E-state index contributed by atoms with van der Waals surface area (Å²) in [6.45, 7) is 6.11. The van der Waals surface area contributed by atoms with Crippen molar-refractivity contribution in [3.05, 3.63) is 47.5 Å². The maximum absolute atomic E-state index is 12.9. The normalized spacial score (nSPS) is 21.4. The van der Waals surface area contributed by atoms with Gasteiger partial charge in [0.25, 0.3) is 0 Å². The van der Waals surface area contributed by atoms with Crippen LogP contribution in [0.5, 0.6) is 5.75 Å². The summed E-state index contributed by atoms with van der Waals surface area (Å²) in [5, 5.41) is 17.2. The van der Waals surface area contributed by atoms with Gasteiger partial charge in [-0.1, -0.05) is 44.4 Å². The summed E-state index contributed by atoms with van der Waals surface area (Å²) in [4.78, 5) is 29.5. The van der Waals surface area contributed by atoms with E-state index in [9.17, 15) is 14.7 Å². The van der Waals surface area contributed by atoms with Gasteiger partial charge in [-0.15, -0.1) is 0 Å². The van der Waals surface area contributed by atoms with Gasteiger partial charge in [0.2, 0.25) is 11.8 Å². The van der Waals surface area contributed by atoms with Gasteiger partial charge in [0.15, 0.2) is 6.23 Å². The van der Waals surface area contributed by atoms with Crippen molar-refractivity contribution < 1.29 is 19.4 Å². The Morgan fingerprint density at radius 3 is 2.66 bits per heavy atom. The SMILES string of the molecule is CCC(Oc1ccc(NC(=O)C2CCCCC2)c2c1CCC(=O)N2)N1CCN(c2ccccc2C)CC1O. The molecule has 38 heavy (non-hydrogen) atoms. The number of amides is 2. The molecule has 0 spiro atoms. The first kappa shape index (κ1) is 26.5. The molecule has 2 aromatic rings. The predicted molar refractivity (Wildman–Crippen MR) is 149 cm³/mol. The van der Waals surface area contributed by atoms with E-state index in [4.69, 9.17) is 4.74 Å². The van der Waals surface area contributed by atoms with Crippen LogP contribution >= 0.6 is 0 Å². The van der Waals surface area contributed by atoms with Gasteiger partial charge in [0.05, 0.1) is 17.9 Å².